The first kappa shape index (κ1) is 18.9. The van der Waals surface area contributed by atoms with E-state index < -0.39 is 6.10 Å². The Morgan fingerprint density at radius 3 is 2.69 bits per heavy atom. The quantitative estimate of drug-likeness (QED) is 0.536. The highest BCUT2D eigenvalue weighted by Gasteiger charge is 2.19. The Balaban J connectivity index is 1.48. The van der Waals surface area contributed by atoms with E-state index in [0.29, 0.717) is 17.1 Å². The zero-order valence-corrected chi connectivity index (χ0v) is 16.1. The fourth-order valence-corrected chi connectivity index (χ4v) is 3.18. The lowest BCUT2D eigenvalue weighted by atomic mass is 10.1. The molecular weight excluding hydrogens is 373 g/mol. The van der Waals surface area contributed by atoms with E-state index in [2.05, 4.69) is 10.4 Å². The summed E-state index contributed by atoms with van der Waals surface area (Å²) in [6.45, 7) is 0.242. The highest BCUT2D eigenvalue weighted by Crippen LogP contribution is 2.25. The normalized spacial score (nSPS) is 12.2. The van der Waals surface area contributed by atoms with Gasteiger partial charge in [0.2, 0.25) is 0 Å². The Kier molecular flexibility index (Phi) is 5.14. The maximum absolute atomic E-state index is 13.1. The van der Waals surface area contributed by atoms with Crippen molar-refractivity contribution in [3.05, 3.63) is 77.9 Å². The fraction of sp³-hybridized carbons (Fsp3) is 0.182. The number of rotatable bonds is 6. The van der Waals surface area contributed by atoms with Crippen LogP contribution in [0.4, 0.5) is 4.39 Å². The molecule has 2 aromatic carbocycles. The molecule has 7 heteroatoms. The minimum Gasteiger partial charge on any atom is -0.458 e. The number of methoxy groups -OCH3 is 1. The second-order valence-corrected chi connectivity index (χ2v) is 6.67. The predicted octanol–water partition coefficient (Wildman–Crippen LogP) is 4.09. The number of hydrogen-bond donors (Lipinski definition) is 1. The third kappa shape index (κ3) is 3.90. The lowest BCUT2D eigenvalue weighted by Gasteiger charge is -2.13. The number of aryl methyl sites for hydroxylation is 1. The van der Waals surface area contributed by atoms with Gasteiger partial charge in [0.1, 0.15) is 29.0 Å². The Hall–Kier alpha value is -3.45. The third-order valence-corrected chi connectivity index (χ3v) is 4.75. The minimum atomic E-state index is -0.420. The number of ether oxygens (including phenoxy) is 1. The molecule has 0 saturated carbocycles. The summed E-state index contributed by atoms with van der Waals surface area (Å²) in [5.41, 5.74) is 2.49. The molecule has 1 atom stereocenters. The van der Waals surface area contributed by atoms with E-state index in [-0.39, 0.29) is 18.3 Å². The molecular formula is C22H20FN3O3. The molecule has 0 spiro atoms. The van der Waals surface area contributed by atoms with Gasteiger partial charge in [-0.05, 0) is 42.5 Å². The molecule has 2 heterocycles. The molecule has 1 amide bonds. The van der Waals surface area contributed by atoms with Gasteiger partial charge in [-0.1, -0.05) is 18.2 Å². The highest BCUT2D eigenvalue weighted by atomic mass is 19.1. The first-order valence-electron chi connectivity index (χ1n) is 9.14. The molecule has 0 bridgehead atoms. The molecule has 29 heavy (non-hydrogen) atoms. The summed E-state index contributed by atoms with van der Waals surface area (Å²) in [6.07, 6.45) is -0.420. The van der Waals surface area contributed by atoms with E-state index in [9.17, 15) is 9.18 Å². The van der Waals surface area contributed by atoms with Crippen molar-refractivity contribution in [2.45, 2.75) is 6.10 Å². The summed E-state index contributed by atoms with van der Waals surface area (Å²) in [5, 5.41) is 8.19. The van der Waals surface area contributed by atoms with Gasteiger partial charge in [-0.2, -0.15) is 5.10 Å². The molecule has 148 valence electrons. The van der Waals surface area contributed by atoms with Gasteiger partial charge in [0.15, 0.2) is 0 Å². The average Bonchev–Trinajstić information content (AvgIpc) is 3.32. The lowest BCUT2D eigenvalue weighted by Crippen LogP contribution is -2.30. The lowest BCUT2D eigenvalue weighted by molar-refractivity contribution is 0.0742. The summed E-state index contributed by atoms with van der Waals surface area (Å²) in [5.74, 6) is 0.0383. The summed E-state index contributed by atoms with van der Waals surface area (Å²) in [4.78, 5) is 12.7. The minimum absolute atomic E-state index is 0.242. The van der Waals surface area contributed by atoms with E-state index in [1.807, 2.05) is 30.3 Å². The van der Waals surface area contributed by atoms with Crippen molar-refractivity contribution in [1.29, 1.82) is 0 Å². The second-order valence-electron chi connectivity index (χ2n) is 6.67. The maximum Gasteiger partial charge on any atom is 0.269 e. The molecule has 0 aliphatic heterocycles. The smallest absolute Gasteiger partial charge is 0.269 e. The van der Waals surface area contributed by atoms with Crippen LogP contribution in [0.15, 0.2) is 65.1 Å². The number of hydrogen-bond acceptors (Lipinski definition) is 4. The van der Waals surface area contributed by atoms with Crippen LogP contribution >= 0.6 is 0 Å². The van der Waals surface area contributed by atoms with E-state index in [1.54, 1.807) is 32.4 Å². The molecule has 0 aliphatic carbocycles. The van der Waals surface area contributed by atoms with Gasteiger partial charge in [0.25, 0.3) is 5.91 Å². The van der Waals surface area contributed by atoms with Crippen molar-refractivity contribution in [1.82, 2.24) is 15.1 Å². The Labute approximate surface area is 166 Å². The Morgan fingerprint density at radius 1 is 1.21 bits per heavy atom. The van der Waals surface area contributed by atoms with Gasteiger partial charge < -0.3 is 14.5 Å². The molecule has 0 saturated heterocycles. The van der Waals surface area contributed by atoms with Gasteiger partial charge in [0.05, 0.1) is 12.2 Å². The molecule has 0 unspecified atom stereocenters. The number of halogens is 1. The van der Waals surface area contributed by atoms with Gasteiger partial charge in [0, 0.05) is 25.1 Å². The first-order valence-corrected chi connectivity index (χ1v) is 9.14. The van der Waals surface area contributed by atoms with Crippen molar-refractivity contribution >= 4 is 16.9 Å². The number of furan rings is 1. The van der Waals surface area contributed by atoms with E-state index in [4.69, 9.17) is 9.15 Å². The zero-order chi connectivity index (χ0) is 20.4. The molecule has 2 aromatic heterocycles. The zero-order valence-electron chi connectivity index (χ0n) is 16.1. The summed E-state index contributed by atoms with van der Waals surface area (Å²) in [7, 11) is 3.26. The van der Waals surface area contributed by atoms with E-state index in [1.165, 1.54) is 16.8 Å². The number of para-hydroxylation sites is 1. The topological polar surface area (TPSA) is 69.3 Å². The van der Waals surface area contributed by atoms with Gasteiger partial charge >= 0.3 is 0 Å². The molecule has 1 N–H and O–H groups in total. The van der Waals surface area contributed by atoms with Crippen LogP contribution in [0.3, 0.4) is 0 Å². The van der Waals surface area contributed by atoms with Crippen LogP contribution in [0, 0.1) is 5.82 Å². The van der Waals surface area contributed by atoms with Crippen molar-refractivity contribution < 1.29 is 18.3 Å². The number of benzene rings is 2. The van der Waals surface area contributed by atoms with Crippen LogP contribution in [0.5, 0.6) is 0 Å². The van der Waals surface area contributed by atoms with Gasteiger partial charge in [-0.3, -0.25) is 9.48 Å². The monoisotopic (exact) mass is 393 g/mol. The largest absolute Gasteiger partial charge is 0.458 e. The molecule has 6 nitrogen and oxygen atoms in total. The first-order chi connectivity index (χ1) is 14.0. The predicted molar refractivity (Wildman–Crippen MR) is 107 cm³/mol. The molecule has 0 fully saturated rings. The van der Waals surface area contributed by atoms with Crippen molar-refractivity contribution in [3.63, 3.8) is 0 Å². The van der Waals surface area contributed by atoms with Crippen LogP contribution in [-0.2, 0) is 11.8 Å². The summed E-state index contributed by atoms with van der Waals surface area (Å²) >= 11 is 0. The number of carbonyl (C=O) groups is 1. The van der Waals surface area contributed by atoms with Crippen LogP contribution in [-0.4, -0.2) is 29.3 Å². The van der Waals surface area contributed by atoms with Gasteiger partial charge in [-0.25, -0.2) is 4.39 Å². The Morgan fingerprint density at radius 2 is 1.97 bits per heavy atom. The number of amides is 1. The Bertz CT molecular complexity index is 1110. The summed E-state index contributed by atoms with van der Waals surface area (Å²) < 4.78 is 26.0. The van der Waals surface area contributed by atoms with Crippen LogP contribution < -0.4 is 5.32 Å². The fourth-order valence-electron chi connectivity index (χ4n) is 3.18. The molecule has 0 aliphatic rings. The average molecular weight is 393 g/mol. The van der Waals surface area contributed by atoms with Gasteiger partial charge in [-0.15, -0.1) is 0 Å². The summed E-state index contributed by atoms with van der Waals surface area (Å²) in [6, 6.07) is 17.2. The number of nitrogens with one attached hydrogen (secondary N) is 1. The number of carbonyl (C=O) groups excluding carboxylic acids is 1. The van der Waals surface area contributed by atoms with Crippen molar-refractivity contribution in [3.8, 4) is 11.3 Å². The van der Waals surface area contributed by atoms with Crippen LogP contribution in [0.1, 0.15) is 22.4 Å². The number of nitrogens with zero attached hydrogens (tertiary/aromatic N) is 2. The molecule has 0 radical (unpaired) electrons. The van der Waals surface area contributed by atoms with E-state index >= 15 is 0 Å². The third-order valence-electron chi connectivity index (χ3n) is 4.75. The molecule has 4 rings (SSSR count). The maximum atomic E-state index is 13.1. The van der Waals surface area contributed by atoms with Crippen LogP contribution in [0.2, 0.25) is 0 Å². The standard InChI is InChI=1S/C22H20FN3O3/c1-26-18(12-17(25-26)14-7-9-16(23)10-8-14)22(27)24-13-21(28-2)20-11-15-5-3-4-6-19(15)29-20/h3-12,21H,13H2,1-2H3,(H,24,27)/t21-/m0/s1. The van der Waals surface area contributed by atoms with Crippen molar-refractivity contribution in [2.75, 3.05) is 13.7 Å². The van der Waals surface area contributed by atoms with Crippen molar-refractivity contribution in [2.24, 2.45) is 7.05 Å². The molecule has 4 aromatic rings. The second kappa shape index (κ2) is 7.89. The van der Waals surface area contributed by atoms with E-state index in [0.717, 1.165) is 16.5 Å². The number of fused-ring (bicyclic) bond motifs is 1. The highest BCUT2D eigenvalue weighted by molar-refractivity contribution is 5.93. The SMILES string of the molecule is CO[C@@H](CNC(=O)c1cc(-c2ccc(F)cc2)nn1C)c1cc2ccccc2o1. The number of aromatic nitrogens is 2. The van der Waals surface area contributed by atoms with Crippen LogP contribution in [0.25, 0.3) is 22.2 Å².